The fourth-order valence-electron chi connectivity index (χ4n) is 1.73. The highest BCUT2D eigenvalue weighted by atomic mass is 35.5. The second kappa shape index (κ2) is 5.54. The van der Waals surface area contributed by atoms with Crippen LogP contribution in [0, 0.1) is 0 Å². The Hall–Kier alpha value is -0.310. The highest BCUT2D eigenvalue weighted by molar-refractivity contribution is 6.29. The van der Waals surface area contributed by atoms with Crippen molar-refractivity contribution in [2.24, 2.45) is 0 Å². The molecule has 14 heavy (non-hydrogen) atoms. The number of hydrogen-bond donors (Lipinski definition) is 1. The minimum absolute atomic E-state index is 0. The molecule has 0 radical (unpaired) electrons. The van der Waals surface area contributed by atoms with Gasteiger partial charge in [-0.25, -0.2) is 4.98 Å². The quantitative estimate of drug-likeness (QED) is 0.754. The van der Waals surface area contributed by atoms with Crippen molar-refractivity contribution in [3.05, 3.63) is 29.0 Å². The molecule has 0 bridgehead atoms. The molecule has 78 valence electrons. The Labute approximate surface area is 95.5 Å². The van der Waals surface area contributed by atoms with Crippen molar-refractivity contribution in [1.82, 2.24) is 10.3 Å². The maximum Gasteiger partial charge on any atom is 0.129 e. The maximum absolute atomic E-state index is 5.72. The summed E-state index contributed by atoms with van der Waals surface area (Å²) >= 11 is 5.72. The summed E-state index contributed by atoms with van der Waals surface area (Å²) in [4.78, 5) is 4.08. The molecule has 1 aliphatic rings. The van der Waals surface area contributed by atoms with Crippen molar-refractivity contribution in [3.63, 3.8) is 0 Å². The van der Waals surface area contributed by atoms with Gasteiger partial charge in [0.1, 0.15) is 5.15 Å². The van der Waals surface area contributed by atoms with Crippen LogP contribution in [0.25, 0.3) is 0 Å². The van der Waals surface area contributed by atoms with Crippen molar-refractivity contribution in [1.29, 1.82) is 0 Å². The summed E-state index contributed by atoms with van der Waals surface area (Å²) in [7, 11) is 0. The maximum atomic E-state index is 5.72. The van der Waals surface area contributed by atoms with Gasteiger partial charge in [0.15, 0.2) is 0 Å². The molecule has 1 atom stereocenters. The highest BCUT2D eigenvalue weighted by Crippen LogP contribution is 2.22. The van der Waals surface area contributed by atoms with E-state index in [1.54, 1.807) is 0 Å². The molecule has 1 aromatic rings. The number of nitrogens with zero attached hydrogens (tertiary/aromatic N) is 1. The number of aromatic nitrogens is 1. The number of halogens is 2. The number of hydrogen-bond acceptors (Lipinski definition) is 2. The summed E-state index contributed by atoms with van der Waals surface area (Å²) in [6.45, 7) is 1.12. The van der Waals surface area contributed by atoms with E-state index in [9.17, 15) is 0 Å². The van der Waals surface area contributed by atoms with Gasteiger partial charge in [-0.15, -0.1) is 12.4 Å². The molecule has 0 unspecified atom stereocenters. The van der Waals surface area contributed by atoms with Crippen LogP contribution in [0.1, 0.15) is 30.9 Å². The minimum Gasteiger partial charge on any atom is -0.310 e. The fourth-order valence-corrected chi connectivity index (χ4v) is 1.84. The van der Waals surface area contributed by atoms with E-state index in [0.29, 0.717) is 11.2 Å². The first-order valence-corrected chi connectivity index (χ1v) is 5.09. The first-order chi connectivity index (χ1) is 6.36. The lowest BCUT2D eigenvalue weighted by Crippen LogP contribution is -2.26. The topological polar surface area (TPSA) is 24.9 Å². The van der Waals surface area contributed by atoms with Crippen LogP contribution >= 0.6 is 24.0 Å². The van der Waals surface area contributed by atoms with Gasteiger partial charge in [0.25, 0.3) is 0 Å². The molecule has 0 aliphatic carbocycles. The fraction of sp³-hybridized carbons (Fsp3) is 0.500. The number of piperidine rings is 1. The number of nitrogens with one attached hydrogen (secondary N) is 1. The monoisotopic (exact) mass is 232 g/mol. The van der Waals surface area contributed by atoms with Crippen LogP contribution < -0.4 is 5.32 Å². The average molecular weight is 233 g/mol. The van der Waals surface area contributed by atoms with Crippen LogP contribution in [-0.2, 0) is 0 Å². The van der Waals surface area contributed by atoms with E-state index in [1.807, 2.05) is 12.3 Å². The third-order valence-corrected chi connectivity index (χ3v) is 2.69. The second-order valence-electron chi connectivity index (χ2n) is 3.42. The zero-order chi connectivity index (χ0) is 9.10. The van der Waals surface area contributed by atoms with Crippen LogP contribution in [-0.4, -0.2) is 11.5 Å². The molecule has 2 nitrogen and oxygen atoms in total. The highest BCUT2D eigenvalue weighted by Gasteiger charge is 2.14. The van der Waals surface area contributed by atoms with E-state index in [0.717, 1.165) is 6.54 Å². The first kappa shape index (κ1) is 11.8. The Morgan fingerprint density at radius 2 is 2.21 bits per heavy atom. The van der Waals surface area contributed by atoms with Gasteiger partial charge in [-0.1, -0.05) is 24.1 Å². The zero-order valence-corrected chi connectivity index (χ0v) is 9.44. The second-order valence-corrected chi connectivity index (χ2v) is 3.80. The summed E-state index contributed by atoms with van der Waals surface area (Å²) < 4.78 is 0. The van der Waals surface area contributed by atoms with E-state index in [2.05, 4.69) is 16.4 Å². The van der Waals surface area contributed by atoms with Crippen LogP contribution in [0.3, 0.4) is 0 Å². The van der Waals surface area contributed by atoms with Gasteiger partial charge >= 0.3 is 0 Å². The van der Waals surface area contributed by atoms with Crippen molar-refractivity contribution in [3.8, 4) is 0 Å². The first-order valence-electron chi connectivity index (χ1n) is 4.71. The Balaban J connectivity index is 0.000000980. The van der Waals surface area contributed by atoms with Crippen LogP contribution in [0.4, 0.5) is 0 Å². The molecule has 1 N–H and O–H groups in total. The number of rotatable bonds is 1. The predicted molar refractivity (Wildman–Crippen MR) is 61.1 cm³/mol. The third-order valence-electron chi connectivity index (χ3n) is 2.46. The summed E-state index contributed by atoms with van der Waals surface area (Å²) in [6.07, 6.45) is 5.67. The molecule has 1 aromatic heterocycles. The van der Waals surface area contributed by atoms with E-state index in [4.69, 9.17) is 11.6 Å². The lowest BCUT2D eigenvalue weighted by Gasteiger charge is -2.23. The van der Waals surface area contributed by atoms with Crippen molar-refractivity contribution < 1.29 is 0 Å². The van der Waals surface area contributed by atoms with Crippen molar-refractivity contribution in [2.75, 3.05) is 6.54 Å². The SMILES string of the molecule is Cl.Clc1ccc([C@@H]2CCCCN2)cn1. The molecule has 2 heterocycles. The summed E-state index contributed by atoms with van der Waals surface area (Å²) in [5.74, 6) is 0. The molecule has 0 aromatic carbocycles. The van der Waals surface area contributed by atoms with Crippen LogP contribution in [0.5, 0.6) is 0 Å². The summed E-state index contributed by atoms with van der Waals surface area (Å²) in [5, 5.41) is 4.04. The van der Waals surface area contributed by atoms with E-state index >= 15 is 0 Å². The molecule has 1 fully saturated rings. The van der Waals surface area contributed by atoms with E-state index in [-0.39, 0.29) is 12.4 Å². The molecule has 0 amide bonds. The molecule has 1 saturated heterocycles. The van der Waals surface area contributed by atoms with E-state index in [1.165, 1.54) is 24.8 Å². The number of pyridine rings is 1. The Kier molecular flexibility index (Phi) is 4.66. The molecule has 2 rings (SSSR count). The van der Waals surface area contributed by atoms with Gasteiger partial charge in [-0.3, -0.25) is 0 Å². The third kappa shape index (κ3) is 2.84. The standard InChI is InChI=1S/C10H13ClN2.ClH/c11-10-5-4-8(7-13-10)9-3-1-2-6-12-9;/h4-5,7,9,12H,1-3,6H2;1H/t9-;/m0./s1. The van der Waals surface area contributed by atoms with Crippen molar-refractivity contribution >= 4 is 24.0 Å². The molecule has 4 heteroatoms. The van der Waals surface area contributed by atoms with Crippen LogP contribution in [0.2, 0.25) is 5.15 Å². The van der Waals surface area contributed by atoms with Gasteiger partial charge in [-0.05, 0) is 31.0 Å². The lowest BCUT2D eigenvalue weighted by molar-refractivity contribution is 0.411. The smallest absolute Gasteiger partial charge is 0.129 e. The lowest BCUT2D eigenvalue weighted by atomic mass is 9.99. The minimum atomic E-state index is 0. The van der Waals surface area contributed by atoms with Crippen molar-refractivity contribution in [2.45, 2.75) is 25.3 Å². The van der Waals surface area contributed by atoms with Crippen LogP contribution in [0.15, 0.2) is 18.3 Å². The molecule has 0 spiro atoms. The zero-order valence-electron chi connectivity index (χ0n) is 7.87. The average Bonchev–Trinajstić information content (AvgIpc) is 2.20. The van der Waals surface area contributed by atoms with Gasteiger partial charge in [0.2, 0.25) is 0 Å². The Morgan fingerprint density at radius 3 is 2.79 bits per heavy atom. The molecule has 0 saturated carbocycles. The molecule has 1 aliphatic heterocycles. The largest absolute Gasteiger partial charge is 0.310 e. The van der Waals surface area contributed by atoms with Gasteiger partial charge in [-0.2, -0.15) is 0 Å². The predicted octanol–water partition coefficient (Wildman–Crippen LogP) is 2.97. The Morgan fingerprint density at radius 1 is 1.36 bits per heavy atom. The molecular formula is C10H14Cl2N2. The Bertz CT molecular complexity index is 268. The van der Waals surface area contributed by atoms with E-state index < -0.39 is 0 Å². The van der Waals surface area contributed by atoms with Gasteiger partial charge < -0.3 is 5.32 Å². The summed E-state index contributed by atoms with van der Waals surface area (Å²) in [6, 6.07) is 4.39. The van der Waals surface area contributed by atoms with Gasteiger partial charge in [0, 0.05) is 12.2 Å². The normalized spacial score (nSPS) is 21.4. The summed E-state index contributed by atoms with van der Waals surface area (Å²) in [5.41, 5.74) is 1.25. The van der Waals surface area contributed by atoms with Gasteiger partial charge in [0.05, 0.1) is 0 Å². The molecular weight excluding hydrogens is 219 g/mol.